The van der Waals surface area contributed by atoms with Gasteiger partial charge in [-0.25, -0.2) is 4.39 Å². The summed E-state index contributed by atoms with van der Waals surface area (Å²) in [5.41, 5.74) is 2.54. The van der Waals surface area contributed by atoms with Crippen LogP contribution in [0.3, 0.4) is 0 Å². The highest BCUT2D eigenvalue weighted by molar-refractivity contribution is 6.30. The summed E-state index contributed by atoms with van der Waals surface area (Å²) in [5.74, 6) is -0.773. The SMILES string of the molecule is CNC(=O)c1cccc(Cc2cccc(-c3c4cccc(C(F)(F)F)c4nn3Cc3ccc(Cl)cc3F)c2)c1. The zero-order chi connectivity index (χ0) is 27.7. The predicted molar refractivity (Wildman–Crippen MR) is 143 cm³/mol. The third-order valence-corrected chi connectivity index (χ3v) is 6.67. The lowest BCUT2D eigenvalue weighted by Crippen LogP contribution is -2.17. The minimum atomic E-state index is -4.61. The van der Waals surface area contributed by atoms with E-state index >= 15 is 0 Å². The number of carbonyl (C=O) groups excluding carboxylic acids is 1. The molecule has 198 valence electrons. The van der Waals surface area contributed by atoms with E-state index in [0.717, 1.165) is 23.3 Å². The number of nitrogens with one attached hydrogen (secondary N) is 1. The van der Waals surface area contributed by atoms with Crippen LogP contribution in [0.2, 0.25) is 5.02 Å². The summed E-state index contributed by atoms with van der Waals surface area (Å²) in [6.07, 6.45) is -4.12. The van der Waals surface area contributed by atoms with Crippen LogP contribution >= 0.6 is 11.6 Å². The summed E-state index contributed by atoms with van der Waals surface area (Å²) in [5, 5.41) is 7.44. The van der Waals surface area contributed by atoms with Gasteiger partial charge in [-0.3, -0.25) is 9.48 Å². The maximum absolute atomic E-state index is 14.7. The Morgan fingerprint density at radius 1 is 0.949 bits per heavy atom. The molecule has 1 heterocycles. The average Bonchev–Trinajstić information content (AvgIpc) is 3.27. The van der Waals surface area contributed by atoms with Gasteiger partial charge in [0.2, 0.25) is 0 Å². The quantitative estimate of drug-likeness (QED) is 0.222. The van der Waals surface area contributed by atoms with Gasteiger partial charge in [-0.1, -0.05) is 60.1 Å². The van der Waals surface area contributed by atoms with E-state index in [9.17, 15) is 22.4 Å². The molecule has 0 aliphatic carbocycles. The Balaban J connectivity index is 1.62. The minimum absolute atomic E-state index is 0.0945. The number of carbonyl (C=O) groups is 1. The first-order valence-electron chi connectivity index (χ1n) is 12.0. The molecule has 1 N–H and O–H groups in total. The number of fused-ring (bicyclic) bond motifs is 1. The maximum atomic E-state index is 14.7. The molecular weight excluding hydrogens is 530 g/mol. The van der Waals surface area contributed by atoms with Crippen LogP contribution < -0.4 is 5.32 Å². The molecule has 0 aliphatic rings. The zero-order valence-electron chi connectivity index (χ0n) is 20.7. The molecule has 4 nitrogen and oxygen atoms in total. The third-order valence-electron chi connectivity index (χ3n) is 6.44. The second kappa shape index (κ2) is 10.5. The maximum Gasteiger partial charge on any atom is 0.418 e. The van der Waals surface area contributed by atoms with Gasteiger partial charge in [0.05, 0.1) is 17.8 Å². The Hall–Kier alpha value is -4.17. The molecule has 1 aromatic heterocycles. The van der Waals surface area contributed by atoms with Crippen LogP contribution in [0.4, 0.5) is 17.6 Å². The second-order valence-electron chi connectivity index (χ2n) is 9.10. The molecule has 0 fully saturated rings. The van der Waals surface area contributed by atoms with Gasteiger partial charge >= 0.3 is 6.18 Å². The highest BCUT2D eigenvalue weighted by Gasteiger charge is 2.34. The Bertz CT molecular complexity index is 1690. The number of alkyl halides is 3. The van der Waals surface area contributed by atoms with Gasteiger partial charge in [-0.05, 0) is 53.9 Å². The van der Waals surface area contributed by atoms with Crippen molar-refractivity contribution in [3.63, 3.8) is 0 Å². The molecule has 0 saturated carbocycles. The molecule has 5 rings (SSSR count). The molecule has 0 atom stereocenters. The topological polar surface area (TPSA) is 46.9 Å². The molecule has 0 radical (unpaired) electrons. The van der Waals surface area contributed by atoms with Crippen LogP contribution in [0.25, 0.3) is 22.2 Å². The van der Waals surface area contributed by atoms with E-state index in [1.165, 1.54) is 22.9 Å². The molecule has 1 amide bonds. The molecule has 4 aromatic carbocycles. The molecule has 9 heteroatoms. The monoisotopic (exact) mass is 551 g/mol. The van der Waals surface area contributed by atoms with Crippen molar-refractivity contribution in [3.8, 4) is 11.3 Å². The van der Waals surface area contributed by atoms with Crippen molar-refractivity contribution in [2.24, 2.45) is 0 Å². The molecule has 39 heavy (non-hydrogen) atoms. The van der Waals surface area contributed by atoms with Crippen LogP contribution in [0.1, 0.15) is 32.6 Å². The van der Waals surface area contributed by atoms with Crippen molar-refractivity contribution in [1.29, 1.82) is 0 Å². The molecular formula is C30H22ClF4N3O. The third kappa shape index (κ3) is 5.52. The number of benzene rings is 4. The number of aromatic nitrogens is 2. The lowest BCUT2D eigenvalue weighted by molar-refractivity contribution is -0.136. The molecule has 0 saturated heterocycles. The number of rotatable bonds is 6. The first kappa shape index (κ1) is 26.4. The standard InChI is InChI=1S/C30H22ClF4N3O/c1-36-29(39)21-8-3-6-19(15-21)13-18-5-2-7-20(14-18)28-24-9-4-10-25(30(33,34)35)27(24)37-38(28)17-22-11-12-23(31)16-26(22)32/h2-12,14-16H,13,17H2,1H3,(H,36,39). The Morgan fingerprint density at radius 3 is 2.38 bits per heavy atom. The highest BCUT2D eigenvalue weighted by atomic mass is 35.5. The lowest BCUT2D eigenvalue weighted by Gasteiger charge is -2.11. The average molecular weight is 552 g/mol. The number of hydrogen-bond acceptors (Lipinski definition) is 2. The zero-order valence-corrected chi connectivity index (χ0v) is 21.4. The summed E-state index contributed by atoms with van der Waals surface area (Å²) in [6.45, 7) is -0.0945. The summed E-state index contributed by atoms with van der Waals surface area (Å²) in [6, 6.07) is 22.7. The largest absolute Gasteiger partial charge is 0.418 e. The highest BCUT2D eigenvalue weighted by Crippen LogP contribution is 2.38. The summed E-state index contributed by atoms with van der Waals surface area (Å²) >= 11 is 5.89. The van der Waals surface area contributed by atoms with Gasteiger partial charge < -0.3 is 5.32 Å². The molecule has 0 unspecified atom stereocenters. The van der Waals surface area contributed by atoms with Crippen LogP contribution in [0.15, 0.2) is 84.9 Å². The number of nitrogens with zero attached hydrogens (tertiary/aromatic N) is 2. The van der Waals surface area contributed by atoms with Crippen molar-refractivity contribution in [2.75, 3.05) is 7.05 Å². The van der Waals surface area contributed by atoms with Crippen molar-refractivity contribution in [1.82, 2.24) is 15.1 Å². The normalized spacial score (nSPS) is 11.6. The van der Waals surface area contributed by atoms with E-state index in [1.807, 2.05) is 24.3 Å². The molecule has 0 bridgehead atoms. The van der Waals surface area contributed by atoms with Gasteiger partial charge in [0.15, 0.2) is 0 Å². The van der Waals surface area contributed by atoms with Gasteiger partial charge in [-0.15, -0.1) is 0 Å². The first-order chi connectivity index (χ1) is 18.6. The van der Waals surface area contributed by atoms with E-state index in [2.05, 4.69) is 10.4 Å². The number of halogens is 5. The molecule has 5 aromatic rings. The minimum Gasteiger partial charge on any atom is -0.355 e. The fourth-order valence-electron chi connectivity index (χ4n) is 4.64. The van der Waals surface area contributed by atoms with Crippen molar-refractivity contribution >= 4 is 28.4 Å². The van der Waals surface area contributed by atoms with Crippen LogP contribution in [0.5, 0.6) is 0 Å². The van der Waals surface area contributed by atoms with Gasteiger partial charge in [-0.2, -0.15) is 18.3 Å². The second-order valence-corrected chi connectivity index (χ2v) is 9.53. The van der Waals surface area contributed by atoms with E-state index < -0.39 is 17.6 Å². The van der Waals surface area contributed by atoms with Crippen LogP contribution in [-0.4, -0.2) is 22.7 Å². The fraction of sp³-hybridized carbons (Fsp3) is 0.133. The summed E-state index contributed by atoms with van der Waals surface area (Å²) in [4.78, 5) is 12.0. The molecule has 0 spiro atoms. The van der Waals surface area contributed by atoms with Crippen molar-refractivity contribution in [2.45, 2.75) is 19.1 Å². The van der Waals surface area contributed by atoms with E-state index in [1.54, 1.807) is 37.4 Å². The van der Waals surface area contributed by atoms with E-state index in [-0.39, 0.29) is 28.6 Å². The Labute approximate surface area is 226 Å². The van der Waals surface area contributed by atoms with Gasteiger partial charge in [0.25, 0.3) is 5.91 Å². The summed E-state index contributed by atoms with van der Waals surface area (Å²) in [7, 11) is 1.56. The van der Waals surface area contributed by atoms with Gasteiger partial charge in [0.1, 0.15) is 11.3 Å². The molecule has 0 aliphatic heterocycles. The van der Waals surface area contributed by atoms with E-state index in [4.69, 9.17) is 11.6 Å². The van der Waals surface area contributed by atoms with Crippen molar-refractivity contribution < 1.29 is 22.4 Å². The lowest BCUT2D eigenvalue weighted by atomic mass is 9.98. The summed E-state index contributed by atoms with van der Waals surface area (Å²) < 4.78 is 57.7. The van der Waals surface area contributed by atoms with Crippen LogP contribution in [0, 0.1) is 5.82 Å². The number of amides is 1. The van der Waals surface area contributed by atoms with E-state index in [0.29, 0.717) is 28.6 Å². The first-order valence-corrected chi connectivity index (χ1v) is 12.4. The Kier molecular flexibility index (Phi) is 7.14. The fourth-order valence-corrected chi connectivity index (χ4v) is 4.80. The van der Waals surface area contributed by atoms with Gasteiger partial charge in [0, 0.05) is 34.1 Å². The smallest absolute Gasteiger partial charge is 0.355 e. The van der Waals surface area contributed by atoms with Crippen molar-refractivity contribution in [3.05, 3.63) is 124 Å². The van der Waals surface area contributed by atoms with Crippen LogP contribution in [-0.2, 0) is 19.1 Å². The Morgan fingerprint density at radius 2 is 1.67 bits per heavy atom. The number of hydrogen-bond donors (Lipinski definition) is 1. The predicted octanol–water partition coefficient (Wildman–Crippen LogP) is 7.51.